The van der Waals surface area contributed by atoms with E-state index in [1.807, 2.05) is 47.8 Å². The smallest absolute Gasteiger partial charge is 0.265 e. The molecule has 3 aromatic rings. The average molecular weight is 365 g/mol. The first-order valence-corrected chi connectivity index (χ1v) is 9.61. The van der Waals surface area contributed by atoms with Crippen molar-refractivity contribution in [3.05, 3.63) is 81.0 Å². The molecule has 3 nitrogen and oxygen atoms in total. The van der Waals surface area contributed by atoms with Crippen molar-refractivity contribution in [1.82, 2.24) is 0 Å². The number of carbonyl (C=O) groups is 1. The normalized spacial score (nSPS) is 10.6. The fraction of sp³-hybridized carbons (Fsp3) is 0.227. The Kier molecular flexibility index (Phi) is 5.74. The van der Waals surface area contributed by atoms with Crippen molar-refractivity contribution in [3.8, 4) is 5.75 Å². The van der Waals surface area contributed by atoms with Crippen LogP contribution in [0, 0.1) is 13.8 Å². The van der Waals surface area contributed by atoms with E-state index in [0.29, 0.717) is 11.5 Å². The second-order valence-electron chi connectivity index (χ2n) is 6.32. The number of hydrogen-bond donors (Lipinski definition) is 1. The first-order valence-electron chi connectivity index (χ1n) is 8.73. The Morgan fingerprint density at radius 1 is 1.08 bits per heavy atom. The lowest BCUT2D eigenvalue weighted by atomic mass is 10.1. The van der Waals surface area contributed by atoms with Crippen LogP contribution in [0.25, 0.3) is 0 Å². The number of thiophene rings is 1. The Morgan fingerprint density at radius 3 is 2.65 bits per heavy atom. The summed E-state index contributed by atoms with van der Waals surface area (Å²) in [6.45, 7) is 6.69. The molecule has 0 aliphatic carbocycles. The van der Waals surface area contributed by atoms with Gasteiger partial charge in [0, 0.05) is 11.3 Å². The van der Waals surface area contributed by atoms with Gasteiger partial charge in [0.1, 0.15) is 12.4 Å². The van der Waals surface area contributed by atoms with Crippen molar-refractivity contribution in [1.29, 1.82) is 0 Å². The number of hydrogen-bond acceptors (Lipinski definition) is 3. The summed E-state index contributed by atoms with van der Waals surface area (Å²) < 4.78 is 5.85. The van der Waals surface area contributed by atoms with Gasteiger partial charge >= 0.3 is 0 Å². The lowest BCUT2D eigenvalue weighted by molar-refractivity contribution is 0.103. The van der Waals surface area contributed by atoms with Gasteiger partial charge in [-0.2, -0.15) is 0 Å². The van der Waals surface area contributed by atoms with E-state index in [1.54, 1.807) is 0 Å². The summed E-state index contributed by atoms with van der Waals surface area (Å²) in [6, 6.07) is 15.9. The van der Waals surface area contributed by atoms with E-state index >= 15 is 0 Å². The van der Waals surface area contributed by atoms with E-state index in [0.717, 1.165) is 29.0 Å². The van der Waals surface area contributed by atoms with Gasteiger partial charge in [-0.25, -0.2) is 0 Å². The molecular formula is C22H23NO2S. The summed E-state index contributed by atoms with van der Waals surface area (Å²) in [6.07, 6.45) is 0.885. The van der Waals surface area contributed by atoms with Gasteiger partial charge in [0.15, 0.2) is 0 Å². The maximum Gasteiger partial charge on any atom is 0.265 e. The fourth-order valence-electron chi connectivity index (χ4n) is 2.68. The molecular weight excluding hydrogens is 342 g/mol. The number of nitrogens with one attached hydrogen (secondary N) is 1. The Balaban J connectivity index is 1.63. The van der Waals surface area contributed by atoms with E-state index in [9.17, 15) is 4.79 Å². The van der Waals surface area contributed by atoms with Crippen molar-refractivity contribution in [3.63, 3.8) is 0 Å². The Morgan fingerprint density at radius 2 is 1.88 bits per heavy atom. The van der Waals surface area contributed by atoms with Crippen molar-refractivity contribution >= 4 is 22.9 Å². The fourth-order valence-corrected chi connectivity index (χ4v) is 3.47. The third-order valence-corrected chi connectivity index (χ3v) is 5.39. The van der Waals surface area contributed by atoms with Gasteiger partial charge in [0.2, 0.25) is 0 Å². The predicted octanol–water partition coefficient (Wildman–Crippen LogP) is 5.76. The molecule has 26 heavy (non-hydrogen) atoms. The first kappa shape index (κ1) is 18.2. The SMILES string of the molecule is CCc1ccccc1NC(=O)c1cc(COc2ccc(C)c(C)c2)cs1. The zero-order chi connectivity index (χ0) is 18.5. The highest BCUT2D eigenvalue weighted by molar-refractivity contribution is 7.12. The summed E-state index contributed by atoms with van der Waals surface area (Å²) in [4.78, 5) is 13.2. The molecule has 0 saturated heterocycles. The zero-order valence-corrected chi connectivity index (χ0v) is 16.2. The minimum absolute atomic E-state index is 0.0756. The molecule has 0 aliphatic rings. The maximum absolute atomic E-state index is 12.5. The Hall–Kier alpha value is -2.59. The molecule has 1 aromatic heterocycles. The van der Waals surface area contributed by atoms with E-state index < -0.39 is 0 Å². The summed E-state index contributed by atoms with van der Waals surface area (Å²) in [5.74, 6) is 0.774. The van der Waals surface area contributed by atoms with E-state index in [1.165, 1.54) is 22.5 Å². The van der Waals surface area contributed by atoms with E-state index in [4.69, 9.17) is 4.74 Å². The molecule has 0 unspecified atom stereocenters. The molecule has 3 rings (SSSR count). The molecule has 0 radical (unpaired) electrons. The van der Waals surface area contributed by atoms with Gasteiger partial charge in [-0.05, 0) is 66.6 Å². The molecule has 1 amide bonds. The number of carbonyl (C=O) groups excluding carboxylic acids is 1. The summed E-state index contributed by atoms with van der Waals surface area (Å²) in [5, 5.41) is 4.98. The van der Waals surface area contributed by atoms with Gasteiger partial charge in [-0.15, -0.1) is 11.3 Å². The lowest BCUT2D eigenvalue weighted by Crippen LogP contribution is -2.11. The highest BCUT2D eigenvalue weighted by Gasteiger charge is 2.11. The van der Waals surface area contributed by atoms with Crippen LogP contribution in [0.2, 0.25) is 0 Å². The molecule has 0 bridgehead atoms. The predicted molar refractivity (Wildman–Crippen MR) is 108 cm³/mol. The number of rotatable bonds is 6. The van der Waals surface area contributed by atoms with Gasteiger partial charge < -0.3 is 10.1 Å². The van der Waals surface area contributed by atoms with Crippen LogP contribution in [0.1, 0.15) is 38.8 Å². The van der Waals surface area contributed by atoms with Crippen molar-refractivity contribution in [2.75, 3.05) is 5.32 Å². The van der Waals surface area contributed by atoms with Crippen LogP contribution in [0.5, 0.6) is 5.75 Å². The molecule has 0 fully saturated rings. The Labute approximate surface area is 158 Å². The second-order valence-corrected chi connectivity index (χ2v) is 7.23. The minimum atomic E-state index is -0.0756. The molecule has 0 atom stereocenters. The van der Waals surface area contributed by atoms with Crippen LogP contribution in [0.4, 0.5) is 5.69 Å². The molecule has 4 heteroatoms. The van der Waals surface area contributed by atoms with Crippen LogP contribution < -0.4 is 10.1 Å². The van der Waals surface area contributed by atoms with E-state index in [2.05, 4.69) is 32.2 Å². The highest BCUT2D eigenvalue weighted by atomic mass is 32.1. The highest BCUT2D eigenvalue weighted by Crippen LogP contribution is 2.22. The Bertz CT molecular complexity index is 914. The van der Waals surface area contributed by atoms with Crippen molar-refractivity contribution in [2.24, 2.45) is 0 Å². The van der Waals surface area contributed by atoms with Gasteiger partial charge in [0.25, 0.3) is 5.91 Å². The summed E-state index contributed by atoms with van der Waals surface area (Å²) in [5.41, 5.74) is 5.47. The number of benzene rings is 2. The largest absolute Gasteiger partial charge is 0.489 e. The van der Waals surface area contributed by atoms with Gasteiger partial charge in [-0.1, -0.05) is 31.2 Å². The average Bonchev–Trinajstić information content (AvgIpc) is 3.12. The van der Waals surface area contributed by atoms with Crippen LogP contribution in [0.15, 0.2) is 53.9 Å². The number of anilines is 1. The maximum atomic E-state index is 12.5. The number of para-hydroxylation sites is 1. The van der Waals surface area contributed by atoms with Gasteiger partial charge in [0.05, 0.1) is 4.88 Å². The number of ether oxygens (including phenoxy) is 1. The number of amides is 1. The van der Waals surface area contributed by atoms with Crippen LogP contribution in [-0.4, -0.2) is 5.91 Å². The number of aryl methyl sites for hydroxylation is 3. The minimum Gasteiger partial charge on any atom is -0.489 e. The molecule has 1 N–H and O–H groups in total. The van der Waals surface area contributed by atoms with Crippen molar-refractivity contribution < 1.29 is 9.53 Å². The van der Waals surface area contributed by atoms with Crippen LogP contribution >= 0.6 is 11.3 Å². The molecule has 2 aromatic carbocycles. The quantitative estimate of drug-likeness (QED) is 0.603. The molecule has 0 aliphatic heterocycles. The van der Waals surface area contributed by atoms with Crippen molar-refractivity contribution in [2.45, 2.75) is 33.8 Å². The van der Waals surface area contributed by atoms with E-state index in [-0.39, 0.29) is 5.91 Å². The monoisotopic (exact) mass is 365 g/mol. The molecule has 134 valence electrons. The third kappa shape index (κ3) is 4.33. The van der Waals surface area contributed by atoms with Crippen LogP contribution in [-0.2, 0) is 13.0 Å². The van der Waals surface area contributed by atoms with Crippen LogP contribution in [0.3, 0.4) is 0 Å². The van der Waals surface area contributed by atoms with Gasteiger partial charge in [-0.3, -0.25) is 4.79 Å². The zero-order valence-electron chi connectivity index (χ0n) is 15.3. The topological polar surface area (TPSA) is 38.3 Å². The summed E-state index contributed by atoms with van der Waals surface area (Å²) >= 11 is 1.44. The standard InChI is InChI=1S/C22H23NO2S/c1-4-18-7-5-6-8-20(18)23-22(24)21-12-17(14-26-21)13-25-19-10-9-15(2)16(3)11-19/h5-12,14H,4,13H2,1-3H3,(H,23,24). The summed E-state index contributed by atoms with van der Waals surface area (Å²) in [7, 11) is 0. The molecule has 1 heterocycles. The third-order valence-electron chi connectivity index (χ3n) is 4.41. The molecule has 0 saturated carbocycles. The first-order chi connectivity index (χ1) is 12.6. The second kappa shape index (κ2) is 8.19. The molecule has 0 spiro atoms. The lowest BCUT2D eigenvalue weighted by Gasteiger charge is -2.08.